The lowest BCUT2D eigenvalue weighted by Crippen LogP contribution is -2.60. The van der Waals surface area contributed by atoms with Crippen LogP contribution in [0.25, 0.3) is 0 Å². The largest absolute Gasteiger partial charge is 0.379 e. The summed E-state index contributed by atoms with van der Waals surface area (Å²) in [5, 5.41) is 7.17. The molecule has 180 valence electrons. The minimum absolute atomic E-state index is 0. The van der Waals surface area contributed by atoms with E-state index in [1.54, 1.807) is 0 Å². The zero-order valence-corrected chi connectivity index (χ0v) is 21.7. The predicted molar refractivity (Wildman–Crippen MR) is 139 cm³/mol. The molecule has 0 radical (unpaired) electrons. The van der Waals surface area contributed by atoms with Crippen LogP contribution in [0.5, 0.6) is 0 Å². The highest BCUT2D eigenvalue weighted by molar-refractivity contribution is 14.0. The molecular weight excluding hydrogens is 519 g/mol. The second kappa shape index (κ2) is 12.9. The van der Waals surface area contributed by atoms with Crippen LogP contribution in [-0.2, 0) is 16.0 Å². The van der Waals surface area contributed by atoms with Crippen molar-refractivity contribution in [3.05, 3.63) is 23.9 Å². The fourth-order valence-corrected chi connectivity index (χ4v) is 5.13. The van der Waals surface area contributed by atoms with E-state index in [4.69, 9.17) is 9.47 Å². The molecule has 0 unspecified atom stereocenters. The molecule has 9 heteroatoms. The van der Waals surface area contributed by atoms with Crippen LogP contribution < -0.4 is 15.5 Å². The molecule has 4 rings (SSSR count). The Balaban J connectivity index is 0.00000289. The zero-order chi connectivity index (χ0) is 21.4. The Morgan fingerprint density at radius 2 is 1.72 bits per heavy atom. The Morgan fingerprint density at radius 3 is 2.41 bits per heavy atom. The van der Waals surface area contributed by atoms with Crippen molar-refractivity contribution in [1.29, 1.82) is 0 Å². The van der Waals surface area contributed by atoms with Gasteiger partial charge in [0.2, 0.25) is 0 Å². The first kappa shape index (κ1) is 25.5. The second-order valence-corrected chi connectivity index (χ2v) is 8.75. The number of hydrogen-bond acceptors (Lipinski definition) is 6. The summed E-state index contributed by atoms with van der Waals surface area (Å²) in [6, 6.07) is 4.15. The van der Waals surface area contributed by atoms with E-state index in [-0.39, 0.29) is 29.5 Å². The van der Waals surface area contributed by atoms with Gasteiger partial charge in [-0.2, -0.15) is 0 Å². The number of halogens is 1. The Kier molecular flexibility index (Phi) is 10.3. The molecule has 0 bridgehead atoms. The molecule has 2 aliphatic heterocycles. The molecular formula is C23H39IN6O2. The highest BCUT2D eigenvalue weighted by atomic mass is 127. The fourth-order valence-electron chi connectivity index (χ4n) is 5.13. The van der Waals surface area contributed by atoms with Gasteiger partial charge in [0.05, 0.1) is 26.4 Å². The predicted octanol–water partition coefficient (Wildman–Crippen LogP) is 2.24. The van der Waals surface area contributed by atoms with Gasteiger partial charge in [-0.15, -0.1) is 24.0 Å². The van der Waals surface area contributed by atoms with Crippen LogP contribution in [0.15, 0.2) is 23.3 Å². The third kappa shape index (κ3) is 6.45. The summed E-state index contributed by atoms with van der Waals surface area (Å²) >= 11 is 0. The van der Waals surface area contributed by atoms with Crippen molar-refractivity contribution < 1.29 is 9.47 Å². The van der Waals surface area contributed by atoms with Crippen molar-refractivity contribution in [2.75, 3.05) is 71.1 Å². The molecule has 3 aliphatic rings. The maximum Gasteiger partial charge on any atom is 0.191 e. The van der Waals surface area contributed by atoms with Crippen LogP contribution in [0.4, 0.5) is 5.82 Å². The van der Waals surface area contributed by atoms with Crippen molar-refractivity contribution in [3.8, 4) is 0 Å². The average Bonchev–Trinajstić information content (AvgIpc) is 2.86. The first-order chi connectivity index (χ1) is 15.3. The summed E-state index contributed by atoms with van der Waals surface area (Å²) in [5.74, 6) is 1.90. The summed E-state index contributed by atoms with van der Waals surface area (Å²) in [5.41, 5.74) is 1.40. The summed E-state index contributed by atoms with van der Waals surface area (Å²) in [7, 11) is 1.85. The van der Waals surface area contributed by atoms with Crippen LogP contribution in [-0.4, -0.2) is 87.6 Å². The van der Waals surface area contributed by atoms with Crippen LogP contribution >= 0.6 is 24.0 Å². The number of aliphatic imine (C=N–C) groups is 1. The van der Waals surface area contributed by atoms with E-state index in [0.29, 0.717) is 6.54 Å². The van der Waals surface area contributed by atoms with E-state index < -0.39 is 0 Å². The molecule has 1 aliphatic carbocycles. The highest BCUT2D eigenvalue weighted by Crippen LogP contribution is 2.33. The molecule has 1 aromatic heterocycles. The number of nitrogens with zero attached hydrogens (tertiary/aromatic N) is 4. The Morgan fingerprint density at radius 1 is 1.03 bits per heavy atom. The molecule has 0 aromatic carbocycles. The van der Waals surface area contributed by atoms with Crippen molar-refractivity contribution in [2.24, 2.45) is 4.99 Å². The van der Waals surface area contributed by atoms with Gasteiger partial charge in [-0.3, -0.25) is 9.89 Å². The van der Waals surface area contributed by atoms with Gasteiger partial charge in [0, 0.05) is 63.6 Å². The molecule has 8 nitrogen and oxygen atoms in total. The Hall–Kier alpha value is -1.17. The lowest BCUT2D eigenvalue weighted by Gasteiger charge is -2.48. The molecule has 0 spiro atoms. The van der Waals surface area contributed by atoms with Crippen LogP contribution in [0.3, 0.4) is 0 Å². The number of aromatic nitrogens is 1. The van der Waals surface area contributed by atoms with Crippen molar-refractivity contribution >= 4 is 35.8 Å². The second-order valence-electron chi connectivity index (χ2n) is 8.75. The first-order valence-electron chi connectivity index (χ1n) is 11.8. The average molecular weight is 559 g/mol. The van der Waals surface area contributed by atoms with E-state index in [9.17, 15) is 0 Å². The molecule has 2 N–H and O–H groups in total. The highest BCUT2D eigenvalue weighted by Gasteiger charge is 2.38. The number of rotatable bonds is 6. The SMILES string of the molecule is CN=C(NCc1cccnc1N1CCOCC1)NCC1(N2CCOCC2)CCCCC1.I. The number of hydrogen-bond donors (Lipinski definition) is 2. The maximum absolute atomic E-state index is 5.62. The number of ether oxygens (including phenoxy) is 2. The van der Waals surface area contributed by atoms with E-state index in [1.807, 2.05) is 19.3 Å². The van der Waals surface area contributed by atoms with Gasteiger partial charge in [0.25, 0.3) is 0 Å². The molecule has 3 heterocycles. The first-order valence-corrected chi connectivity index (χ1v) is 11.8. The smallest absolute Gasteiger partial charge is 0.191 e. The van der Waals surface area contributed by atoms with E-state index in [1.165, 1.54) is 37.7 Å². The van der Waals surface area contributed by atoms with Crippen LogP contribution in [0.2, 0.25) is 0 Å². The quantitative estimate of drug-likeness (QED) is 0.315. The number of anilines is 1. The molecule has 2 saturated heterocycles. The standard InChI is InChI=1S/C23H38N6O2.HI/c1-24-22(26-18-20-6-5-9-25-21(20)28-10-14-30-15-11-28)27-19-23(7-3-2-4-8-23)29-12-16-31-17-13-29;/h5-6,9H,2-4,7-8,10-19H2,1H3,(H2,24,26,27);1H. The lowest BCUT2D eigenvalue weighted by atomic mass is 9.80. The minimum atomic E-state index is 0. The molecule has 1 saturated carbocycles. The number of guanidine groups is 1. The third-order valence-corrected chi connectivity index (χ3v) is 6.90. The van der Waals surface area contributed by atoms with Gasteiger partial charge in [-0.05, 0) is 18.9 Å². The number of pyridine rings is 1. The molecule has 32 heavy (non-hydrogen) atoms. The number of nitrogens with one attached hydrogen (secondary N) is 2. The van der Waals surface area contributed by atoms with Gasteiger partial charge >= 0.3 is 0 Å². The molecule has 3 fully saturated rings. The van der Waals surface area contributed by atoms with E-state index >= 15 is 0 Å². The van der Waals surface area contributed by atoms with E-state index in [0.717, 1.165) is 70.9 Å². The maximum atomic E-state index is 5.62. The molecule has 1 aromatic rings. The normalized spacial score (nSPS) is 22.2. The zero-order valence-electron chi connectivity index (χ0n) is 19.4. The Bertz CT molecular complexity index is 716. The van der Waals surface area contributed by atoms with Crippen LogP contribution in [0, 0.1) is 0 Å². The van der Waals surface area contributed by atoms with Gasteiger partial charge < -0.3 is 25.0 Å². The third-order valence-electron chi connectivity index (χ3n) is 6.90. The minimum Gasteiger partial charge on any atom is -0.379 e. The summed E-state index contributed by atoms with van der Waals surface area (Å²) in [4.78, 5) is 14.1. The van der Waals surface area contributed by atoms with Crippen molar-refractivity contribution in [3.63, 3.8) is 0 Å². The van der Waals surface area contributed by atoms with Crippen LogP contribution in [0.1, 0.15) is 37.7 Å². The van der Waals surface area contributed by atoms with Gasteiger partial charge in [0.1, 0.15) is 5.82 Å². The van der Waals surface area contributed by atoms with E-state index in [2.05, 4.69) is 36.5 Å². The summed E-state index contributed by atoms with van der Waals surface area (Å²) in [6.45, 7) is 8.68. The van der Waals surface area contributed by atoms with Gasteiger partial charge in [-0.25, -0.2) is 4.98 Å². The van der Waals surface area contributed by atoms with Gasteiger partial charge in [-0.1, -0.05) is 25.3 Å². The molecule has 0 amide bonds. The summed E-state index contributed by atoms with van der Waals surface area (Å²) in [6.07, 6.45) is 8.34. The number of morpholine rings is 2. The lowest BCUT2D eigenvalue weighted by molar-refractivity contribution is -0.0352. The fraction of sp³-hybridized carbons (Fsp3) is 0.739. The van der Waals surface area contributed by atoms with Crippen molar-refractivity contribution in [1.82, 2.24) is 20.5 Å². The topological polar surface area (TPSA) is 74.2 Å². The van der Waals surface area contributed by atoms with Crippen molar-refractivity contribution in [2.45, 2.75) is 44.2 Å². The molecule has 0 atom stereocenters. The Labute approximate surface area is 209 Å². The summed E-state index contributed by atoms with van der Waals surface area (Å²) < 4.78 is 11.1. The monoisotopic (exact) mass is 558 g/mol. The van der Waals surface area contributed by atoms with Gasteiger partial charge in [0.15, 0.2) is 5.96 Å².